The average Bonchev–Trinajstić information content (AvgIpc) is 3.14. The van der Waals surface area contributed by atoms with Crippen molar-refractivity contribution in [2.24, 2.45) is 0 Å². The van der Waals surface area contributed by atoms with E-state index in [0.717, 1.165) is 19.2 Å². The lowest BCUT2D eigenvalue weighted by Gasteiger charge is -2.28. The third kappa shape index (κ3) is 4.20. The van der Waals surface area contributed by atoms with Gasteiger partial charge in [-0.25, -0.2) is 13.5 Å². The van der Waals surface area contributed by atoms with Gasteiger partial charge < -0.3 is 4.74 Å². The number of carbonyl (C=O) groups is 1. The Labute approximate surface area is 161 Å². The number of hydrogen-bond donors (Lipinski definition) is 1. The first kappa shape index (κ1) is 20.3. The fourth-order valence-electron chi connectivity index (χ4n) is 3.02. The second-order valence-electron chi connectivity index (χ2n) is 6.06. The smallest absolute Gasteiger partial charge is 0.326 e. The number of nitrogens with one attached hydrogen (secondary N) is 1. The van der Waals surface area contributed by atoms with Crippen LogP contribution in [-0.2, 0) is 19.8 Å². The predicted octanol–water partition coefficient (Wildman–Crippen LogP) is 2.33. The first-order chi connectivity index (χ1) is 13.3. The van der Waals surface area contributed by atoms with Gasteiger partial charge in [0.1, 0.15) is 6.10 Å². The highest BCUT2D eigenvalue weighted by molar-refractivity contribution is 7.87. The molecule has 0 aromatic heterocycles. The number of hydrogen-bond acceptors (Lipinski definition) is 5. The van der Waals surface area contributed by atoms with Gasteiger partial charge in [0, 0.05) is 12.2 Å². The van der Waals surface area contributed by atoms with Gasteiger partial charge in [0.15, 0.2) is 11.6 Å². The van der Waals surface area contributed by atoms with Gasteiger partial charge in [0.05, 0.1) is 13.2 Å². The van der Waals surface area contributed by atoms with Crippen LogP contribution in [0.1, 0.15) is 28.4 Å². The van der Waals surface area contributed by atoms with Gasteiger partial charge in [-0.3, -0.25) is 9.63 Å². The molecule has 2 aromatic rings. The summed E-state index contributed by atoms with van der Waals surface area (Å²) in [5.41, 5.74) is 0.412. The van der Waals surface area contributed by atoms with E-state index in [9.17, 15) is 22.0 Å². The lowest BCUT2D eigenvalue weighted by molar-refractivity contribution is -0.0985. The third-order valence-corrected chi connectivity index (χ3v) is 5.61. The minimum Gasteiger partial charge on any atom is -0.372 e. The zero-order valence-electron chi connectivity index (χ0n) is 14.8. The molecule has 0 saturated carbocycles. The van der Waals surface area contributed by atoms with E-state index in [2.05, 4.69) is 0 Å². The van der Waals surface area contributed by atoms with Crippen molar-refractivity contribution in [3.63, 3.8) is 0 Å². The molecular weight excluding hydrogens is 394 g/mol. The van der Waals surface area contributed by atoms with Crippen LogP contribution < -0.4 is 4.72 Å². The maximum Gasteiger partial charge on any atom is 0.326 e. The Balaban J connectivity index is 1.84. The fourth-order valence-corrected chi connectivity index (χ4v) is 4.24. The number of benzene rings is 2. The Bertz CT molecular complexity index is 956. The molecule has 150 valence electrons. The summed E-state index contributed by atoms with van der Waals surface area (Å²) in [4.78, 5) is 17.3. The van der Waals surface area contributed by atoms with Gasteiger partial charge in [-0.2, -0.15) is 8.42 Å². The molecule has 2 atom stereocenters. The van der Waals surface area contributed by atoms with E-state index >= 15 is 0 Å². The summed E-state index contributed by atoms with van der Waals surface area (Å²) >= 11 is 0. The zero-order chi connectivity index (χ0) is 20.3. The summed E-state index contributed by atoms with van der Waals surface area (Å²) in [6, 6.07) is 10.1. The van der Waals surface area contributed by atoms with E-state index in [4.69, 9.17) is 9.57 Å². The van der Waals surface area contributed by atoms with Crippen molar-refractivity contribution >= 4 is 16.1 Å². The molecule has 0 bridgehead atoms. The molecule has 1 saturated heterocycles. The molecule has 2 aromatic carbocycles. The monoisotopic (exact) mass is 412 g/mol. The minimum atomic E-state index is -4.40. The standard InChI is InChI=1S/C18H18F2N2O5S/c1-26-22(28(24,25)21-18(23)12-5-3-2-4-6-12)16-9-10-27-17(16)13-7-8-14(19)15(20)11-13/h2-8,11,16-17H,9-10H2,1H3,(H,21,23). The Kier molecular flexibility index (Phi) is 6.04. The molecule has 1 aliphatic rings. The molecular formula is C18H18F2N2O5S. The Morgan fingerprint density at radius 3 is 2.54 bits per heavy atom. The van der Waals surface area contributed by atoms with Crippen molar-refractivity contribution < 1.29 is 31.6 Å². The summed E-state index contributed by atoms with van der Waals surface area (Å²) in [6.45, 7) is 0.177. The maximum atomic E-state index is 13.6. The summed E-state index contributed by atoms with van der Waals surface area (Å²) in [5.74, 6) is -2.92. The van der Waals surface area contributed by atoms with Crippen LogP contribution in [0.5, 0.6) is 0 Å². The molecule has 0 radical (unpaired) electrons. The van der Waals surface area contributed by atoms with Crippen molar-refractivity contribution in [1.82, 2.24) is 9.19 Å². The van der Waals surface area contributed by atoms with Crippen LogP contribution in [0.3, 0.4) is 0 Å². The van der Waals surface area contributed by atoms with Crippen LogP contribution in [0.2, 0.25) is 0 Å². The molecule has 3 rings (SSSR count). The van der Waals surface area contributed by atoms with Crippen LogP contribution in [0, 0.1) is 11.6 Å². The van der Waals surface area contributed by atoms with Gasteiger partial charge in [-0.05, 0) is 36.2 Å². The molecule has 1 fully saturated rings. The largest absolute Gasteiger partial charge is 0.372 e. The van der Waals surface area contributed by atoms with E-state index in [0.29, 0.717) is 4.47 Å². The zero-order valence-corrected chi connectivity index (χ0v) is 15.7. The fraction of sp³-hybridized carbons (Fsp3) is 0.278. The molecule has 2 unspecified atom stereocenters. The second kappa shape index (κ2) is 8.31. The highest BCUT2D eigenvalue weighted by Crippen LogP contribution is 2.34. The molecule has 0 spiro atoms. The topological polar surface area (TPSA) is 84.9 Å². The molecule has 1 N–H and O–H groups in total. The highest BCUT2D eigenvalue weighted by Gasteiger charge is 2.42. The number of hydroxylamine groups is 1. The summed E-state index contributed by atoms with van der Waals surface area (Å²) in [6.07, 6.45) is -0.656. The number of nitrogens with zero attached hydrogens (tertiary/aromatic N) is 1. The molecule has 1 heterocycles. The number of halogens is 2. The van der Waals surface area contributed by atoms with E-state index in [1.807, 2.05) is 4.72 Å². The van der Waals surface area contributed by atoms with Crippen LogP contribution in [0.4, 0.5) is 8.78 Å². The van der Waals surface area contributed by atoms with Crippen LogP contribution in [0.25, 0.3) is 0 Å². The highest BCUT2D eigenvalue weighted by atomic mass is 32.2. The van der Waals surface area contributed by atoms with Crippen molar-refractivity contribution in [3.8, 4) is 0 Å². The number of amides is 1. The lowest BCUT2D eigenvalue weighted by atomic mass is 10.0. The molecule has 1 aliphatic heterocycles. The van der Waals surface area contributed by atoms with E-state index in [1.54, 1.807) is 18.2 Å². The quantitative estimate of drug-likeness (QED) is 0.737. The molecule has 10 heteroatoms. The van der Waals surface area contributed by atoms with Gasteiger partial charge >= 0.3 is 10.2 Å². The predicted molar refractivity (Wildman–Crippen MR) is 95.1 cm³/mol. The Morgan fingerprint density at radius 1 is 1.18 bits per heavy atom. The Hall–Kier alpha value is -2.40. The van der Waals surface area contributed by atoms with Crippen molar-refractivity contribution in [3.05, 3.63) is 71.3 Å². The molecule has 28 heavy (non-hydrogen) atoms. The summed E-state index contributed by atoms with van der Waals surface area (Å²) < 4.78 is 60.3. The third-order valence-electron chi connectivity index (χ3n) is 4.28. The average molecular weight is 412 g/mol. The van der Waals surface area contributed by atoms with E-state index in [-0.39, 0.29) is 24.2 Å². The molecule has 1 amide bonds. The van der Waals surface area contributed by atoms with Crippen molar-refractivity contribution in [2.45, 2.75) is 18.6 Å². The summed E-state index contributed by atoms with van der Waals surface area (Å²) in [5, 5.41) is 0. The van der Waals surface area contributed by atoms with E-state index < -0.39 is 39.9 Å². The molecule has 7 nitrogen and oxygen atoms in total. The number of ether oxygens (including phenoxy) is 1. The van der Waals surface area contributed by atoms with Crippen molar-refractivity contribution in [2.75, 3.05) is 13.7 Å². The minimum absolute atomic E-state index is 0.155. The van der Waals surface area contributed by atoms with Gasteiger partial charge in [0.2, 0.25) is 0 Å². The van der Waals surface area contributed by atoms with E-state index in [1.165, 1.54) is 18.2 Å². The molecule has 0 aliphatic carbocycles. The van der Waals surface area contributed by atoms with Gasteiger partial charge in [-0.1, -0.05) is 28.7 Å². The SMILES string of the molecule is CON(C1CCOC1c1ccc(F)c(F)c1)S(=O)(=O)NC(=O)c1ccccc1. The van der Waals surface area contributed by atoms with Gasteiger partial charge in [-0.15, -0.1) is 0 Å². The number of carbonyl (C=O) groups excluding carboxylic acids is 1. The van der Waals surface area contributed by atoms with Crippen LogP contribution in [-0.4, -0.2) is 38.6 Å². The maximum absolute atomic E-state index is 13.6. The van der Waals surface area contributed by atoms with Gasteiger partial charge in [0.25, 0.3) is 5.91 Å². The Morgan fingerprint density at radius 2 is 1.89 bits per heavy atom. The first-order valence-corrected chi connectivity index (χ1v) is 9.79. The van der Waals surface area contributed by atoms with Crippen molar-refractivity contribution in [1.29, 1.82) is 0 Å². The van der Waals surface area contributed by atoms with Crippen LogP contribution >= 0.6 is 0 Å². The normalized spacial score (nSPS) is 19.7. The van der Waals surface area contributed by atoms with Crippen LogP contribution in [0.15, 0.2) is 48.5 Å². The second-order valence-corrected chi connectivity index (χ2v) is 7.58. The first-order valence-electron chi connectivity index (χ1n) is 8.35. The number of rotatable bonds is 6. The summed E-state index contributed by atoms with van der Waals surface area (Å²) in [7, 11) is -3.27. The lowest BCUT2D eigenvalue weighted by Crippen LogP contribution is -2.48.